The number of hydrogen-bond acceptors (Lipinski definition) is 5. The highest BCUT2D eigenvalue weighted by Crippen LogP contribution is 2.28. The Kier molecular flexibility index (Phi) is 6.63. The highest BCUT2D eigenvalue weighted by atomic mass is 19.1. The number of halogens is 1. The van der Waals surface area contributed by atoms with Gasteiger partial charge in [0.1, 0.15) is 11.6 Å². The lowest BCUT2D eigenvalue weighted by Gasteiger charge is -2.10. The van der Waals surface area contributed by atoms with Crippen molar-refractivity contribution in [1.82, 2.24) is 4.98 Å². The topological polar surface area (TPSA) is 72.5 Å². The molecular weight excluding hydrogens is 373 g/mol. The van der Waals surface area contributed by atoms with Crippen molar-refractivity contribution in [2.75, 3.05) is 24.9 Å². The van der Waals surface area contributed by atoms with E-state index >= 15 is 0 Å². The molecule has 2 N–H and O–H groups in total. The minimum atomic E-state index is -0.359. The van der Waals surface area contributed by atoms with Crippen molar-refractivity contribution in [1.29, 1.82) is 0 Å². The summed E-state index contributed by atoms with van der Waals surface area (Å²) < 4.78 is 24.2. The lowest BCUT2D eigenvalue weighted by Crippen LogP contribution is -2.12. The molecule has 0 aliphatic carbocycles. The molecule has 6 nitrogen and oxygen atoms in total. The van der Waals surface area contributed by atoms with Crippen molar-refractivity contribution in [3.05, 3.63) is 72.2 Å². The molecule has 2 aromatic carbocycles. The number of anilines is 3. The predicted molar refractivity (Wildman–Crippen MR) is 110 cm³/mol. The number of para-hydroxylation sites is 1. The summed E-state index contributed by atoms with van der Waals surface area (Å²) >= 11 is 0. The van der Waals surface area contributed by atoms with E-state index in [2.05, 4.69) is 15.6 Å². The van der Waals surface area contributed by atoms with Crippen LogP contribution in [-0.4, -0.2) is 25.1 Å². The number of methoxy groups -OCH3 is 2. The quantitative estimate of drug-likeness (QED) is 0.585. The van der Waals surface area contributed by atoms with Crippen LogP contribution in [0.15, 0.2) is 60.8 Å². The molecule has 29 heavy (non-hydrogen) atoms. The summed E-state index contributed by atoms with van der Waals surface area (Å²) in [4.78, 5) is 16.4. The van der Waals surface area contributed by atoms with E-state index in [-0.39, 0.29) is 11.7 Å². The zero-order chi connectivity index (χ0) is 20.6. The van der Waals surface area contributed by atoms with Crippen LogP contribution in [0.1, 0.15) is 12.0 Å². The van der Waals surface area contributed by atoms with Crippen LogP contribution >= 0.6 is 0 Å². The fourth-order valence-corrected chi connectivity index (χ4v) is 2.76. The van der Waals surface area contributed by atoms with Crippen LogP contribution in [0.3, 0.4) is 0 Å². The number of benzene rings is 2. The minimum Gasteiger partial charge on any atom is -0.493 e. The van der Waals surface area contributed by atoms with Gasteiger partial charge in [0.2, 0.25) is 5.91 Å². The van der Waals surface area contributed by atoms with E-state index in [4.69, 9.17) is 9.47 Å². The zero-order valence-corrected chi connectivity index (χ0v) is 16.2. The van der Waals surface area contributed by atoms with Crippen molar-refractivity contribution >= 4 is 23.1 Å². The molecule has 150 valence electrons. The highest BCUT2D eigenvalue weighted by molar-refractivity contribution is 5.90. The van der Waals surface area contributed by atoms with E-state index < -0.39 is 0 Å². The molecule has 1 amide bonds. The molecule has 0 aliphatic heterocycles. The fourth-order valence-electron chi connectivity index (χ4n) is 2.76. The van der Waals surface area contributed by atoms with E-state index in [1.54, 1.807) is 44.6 Å². The number of amides is 1. The summed E-state index contributed by atoms with van der Waals surface area (Å²) in [6.45, 7) is 0. The molecular formula is C22H22FN3O3. The number of pyridine rings is 1. The Morgan fingerprint density at radius 3 is 2.52 bits per heavy atom. The minimum absolute atomic E-state index is 0.128. The lowest BCUT2D eigenvalue weighted by atomic mass is 10.1. The van der Waals surface area contributed by atoms with Crippen LogP contribution in [0.5, 0.6) is 11.5 Å². The van der Waals surface area contributed by atoms with Gasteiger partial charge in [-0.3, -0.25) is 4.79 Å². The van der Waals surface area contributed by atoms with Crippen molar-refractivity contribution in [2.24, 2.45) is 0 Å². The smallest absolute Gasteiger partial charge is 0.224 e. The van der Waals surface area contributed by atoms with Crippen LogP contribution in [0.25, 0.3) is 0 Å². The molecule has 1 aromatic heterocycles. The standard InChI is InChI=1S/C22H22FN3O3/c1-28-19-10-7-15(13-20(19)29-2)8-12-22(27)25-16-9-11-21(24-14-16)26-18-6-4-3-5-17(18)23/h3-7,9-11,13-14H,8,12H2,1-2H3,(H,24,26)(H,25,27). The molecule has 0 fully saturated rings. The average molecular weight is 395 g/mol. The Morgan fingerprint density at radius 1 is 1.03 bits per heavy atom. The number of aromatic nitrogens is 1. The summed E-state index contributed by atoms with van der Waals surface area (Å²) in [5.41, 5.74) is 1.88. The summed E-state index contributed by atoms with van der Waals surface area (Å²) in [7, 11) is 3.15. The third-order valence-corrected chi connectivity index (χ3v) is 4.27. The van der Waals surface area contributed by atoms with E-state index in [0.29, 0.717) is 41.5 Å². The van der Waals surface area contributed by atoms with Gasteiger partial charge in [-0.15, -0.1) is 0 Å². The largest absolute Gasteiger partial charge is 0.493 e. The van der Waals surface area contributed by atoms with Gasteiger partial charge in [0.05, 0.1) is 31.8 Å². The molecule has 0 saturated heterocycles. The summed E-state index contributed by atoms with van der Waals surface area (Å²) in [5.74, 6) is 1.28. The van der Waals surface area contributed by atoms with Crippen LogP contribution in [0.2, 0.25) is 0 Å². The van der Waals surface area contributed by atoms with Crippen molar-refractivity contribution in [3.8, 4) is 11.5 Å². The number of hydrogen-bond donors (Lipinski definition) is 2. The van der Waals surface area contributed by atoms with Gasteiger partial charge in [0.15, 0.2) is 11.5 Å². The number of ether oxygens (including phenoxy) is 2. The second-order valence-corrected chi connectivity index (χ2v) is 6.27. The molecule has 0 radical (unpaired) electrons. The first-order valence-electron chi connectivity index (χ1n) is 9.07. The molecule has 0 aliphatic rings. The highest BCUT2D eigenvalue weighted by Gasteiger charge is 2.08. The van der Waals surface area contributed by atoms with E-state index in [9.17, 15) is 9.18 Å². The number of rotatable bonds is 8. The van der Waals surface area contributed by atoms with Crippen LogP contribution < -0.4 is 20.1 Å². The number of aryl methyl sites for hydroxylation is 1. The first-order valence-corrected chi connectivity index (χ1v) is 9.07. The van der Waals surface area contributed by atoms with E-state index in [0.717, 1.165) is 5.56 Å². The van der Waals surface area contributed by atoms with Gasteiger partial charge in [-0.2, -0.15) is 0 Å². The second-order valence-electron chi connectivity index (χ2n) is 6.27. The van der Waals surface area contributed by atoms with Gasteiger partial charge < -0.3 is 20.1 Å². The Labute approximate surface area is 168 Å². The molecule has 1 heterocycles. The Balaban J connectivity index is 1.54. The molecule has 0 bridgehead atoms. The zero-order valence-electron chi connectivity index (χ0n) is 16.2. The number of nitrogens with one attached hydrogen (secondary N) is 2. The summed E-state index contributed by atoms with van der Waals surface area (Å²) in [6.07, 6.45) is 2.40. The van der Waals surface area contributed by atoms with Crippen LogP contribution in [0, 0.1) is 5.82 Å². The normalized spacial score (nSPS) is 10.3. The van der Waals surface area contributed by atoms with Gasteiger partial charge in [0.25, 0.3) is 0 Å². The molecule has 0 atom stereocenters. The molecule has 0 unspecified atom stereocenters. The first kappa shape index (κ1) is 20.1. The Morgan fingerprint density at radius 2 is 1.83 bits per heavy atom. The molecule has 0 saturated carbocycles. The number of carbonyl (C=O) groups excluding carboxylic acids is 1. The predicted octanol–water partition coefficient (Wildman–Crippen LogP) is 4.55. The average Bonchev–Trinajstić information content (AvgIpc) is 2.75. The van der Waals surface area contributed by atoms with Gasteiger partial charge in [-0.1, -0.05) is 18.2 Å². The maximum atomic E-state index is 13.7. The first-order chi connectivity index (χ1) is 14.1. The third kappa shape index (κ3) is 5.44. The van der Waals surface area contributed by atoms with Crippen LogP contribution in [-0.2, 0) is 11.2 Å². The van der Waals surface area contributed by atoms with Crippen molar-refractivity contribution in [3.63, 3.8) is 0 Å². The number of nitrogens with zero attached hydrogens (tertiary/aromatic N) is 1. The maximum Gasteiger partial charge on any atom is 0.224 e. The van der Waals surface area contributed by atoms with Gasteiger partial charge >= 0.3 is 0 Å². The Bertz CT molecular complexity index is 977. The number of carbonyl (C=O) groups is 1. The summed E-state index contributed by atoms with van der Waals surface area (Å²) in [6, 6.07) is 15.3. The van der Waals surface area contributed by atoms with E-state index in [1.165, 1.54) is 12.3 Å². The molecule has 3 rings (SSSR count). The van der Waals surface area contributed by atoms with Gasteiger partial charge in [-0.05, 0) is 48.4 Å². The second kappa shape index (κ2) is 9.54. The van der Waals surface area contributed by atoms with E-state index in [1.807, 2.05) is 18.2 Å². The van der Waals surface area contributed by atoms with Gasteiger partial charge in [-0.25, -0.2) is 9.37 Å². The molecule has 0 spiro atoms. The summed E-state index contributed by atoms with van der Waals surface area (Å²) in [5, 5.41) is 5.71. The van der Waals surface area contributed by atoms with Gasteiger partial charge in [0, 0.05) is 6.42 Å². The maximum absolute atomic E-state index is 13.7. The van der Waals surface area contributed by atoms with Crippen molar-refractivity contribution in [2.45, 2.75) is 12.8 Å². The molecule has 3 aromatic rings. The van der Waals surface area contributed by atoms with Crippen LogP contribution in [0.4, 0.5) is 21.6 Å². The molecule has 7 heteroatoms. The third-order valence-electron chi connectivity index (χ3n) is 4.27. The Hall–Kier alpha value is -3.61. The lowest BCUT2D eigenvalue weighted by molar-refractivity contribution is -0.116. The fraction of sp³-hybridized carbons (Fsp3) is 0.182. The SMILES string of the molecule is COc1ccc(CCC(=O)Nc2ccc(Nc3ccccc3F)nc2)cc1OC. The van der Waals surface area contributed by atoms with Crippen molar-refractivity contribution < 1.29 is 18.7 Å². The monoisotopic (exact) mass is 395 g/mol.